The van der Waals surface area contributed by atoms with E-state index in [1.54, 1.807) is 35.2 Å². The van der Waals surface area contributed by atoms with Crippen molar-refractivity contribution in [3.63, 3.8) is 0 Å². The van der Waals surface area contributed by atoms with Crippen molar-refractivity contribution in [1.82, 2.24) is 24.6 Å². The van der Waals surface area contributed by atoms with E-state index in [1.807, 2.05) is 35.8 Å². The number of aromatic amines is 1. The van der Waals surface area contributed by atoms with E-state index >= 15 is 0 Å². The number of aromatic nitrogens is 3. The van der Waals surface area contributed by atoms with Gasteiger partial charge in [0, 0.05) is 37.5 Å². The number of benzene rings is 2. The lowest BCUT2D eigenvalue weighted by Gasteiger charge is -2.33. The molecule has 0 radical (unpaired) electrons. The van der Waals surface area contributed by atoms with Crippen molar-refractivity contribution < 1.29 is 18.3 Å². The van der Waals surface area contributed by atoms with E-state index < -0.39 is 17.4 Å². The summed E-state index contributed by atoms with van der Waals surface area (Å²) in [6.45, 7) is 1.74. The molecule has 1 atom stereocenters. The van der Waals surface area contributed by atoms with Gasteiger partial charge in [-0.3, -0.25) is 9.59 Å². The normalized spacial score (nSPS) is 15.8. The average Bonchev–Trinajstić information content (AvgIpc) is 3.35. The van der Waals surface area contributed by atoms with Gasteiger partial charge in [-0.05, 0) is 56.8 Å². The van der Waals surface area contributed by atoms with Crippen LogP contribution in [0.3, 0.4) is 0 Å². The zero-order valence-corrected chi connectivity index (χ0v) is 22.2. The Morgan fingerprint density at radius 1 is 1.20 bits per heavy atom. The number of likely N-dealkylation sites (N-methyl/N-ethyl adjacent to an activating group) is 1. The molecule has 1 fully saturated rings. The number of nitrogens with two attached hydrogens (primary N) is 1. The van der Waals surface area contributed by atoms with E-state index in [2.05, 4.69) is 10.2 Å². The van der Waals surface area contributed by atoms with E-state index in [4.69, 9.17) is 10.5 Å². The van der Waals surface area contributed by atoms with E-state index in [1.165, 1.54) is 6.07 Å². The standard InChI is InChI=1S/C29H30F2N6O3/c1-35(2)14-5-9-24(38)36-15-4-6-19(16-36)37-17-21(25-26(37)29(39)34-33-28(25)32)18-10-12-20(13-11-18)40-27-22(30)7-3-8-23(27)31/h3,5,7-13,17,19H,4,6,14-16H2,1-2H3,(H2,32,33)(H,34,39)/b9-5+/t19-/m1/s1. The lowest BCUT2D eigenvalue weighted by atomic mass is 10.1. The Kier molecular flexibility index (Phi) is 7.65. The Morgan fingerprint density at radius 2 is 1.93 bits per heavy atom. The van der Waals surface area contributed by atoms with Gasteiger partial charge >= 0.3 is 0 Å². The highest BCUT2D eigenvalue weighted by atomic mass is 19.1. The highest BCUT2D eigenvalue weighted by molar-refractivity contribution is 6.02. The Hall–Kier alpha value is -4.51. The van der Waals surface area contributed by atoms with Gasteiger partial charge in [-0.15, -0.1) is 0 Å². The number of nitrogens with one attached hydrogen (secondary N) is 1. The summed E-state index contributed by atoms with van der Waals surface area (Å²) in [5, 5.41) is 6.94. The van der Waals surface area contributed by atoms with Gasteiger partial charge in [-0.2, -0.15) is 5.10 Å². The quantitative estimate of drug-likeness (QED) is 0.333. The fourth-order valence-electron chi connectivity index (χ4n) is 4.99. The molecule has 0 spiro atoms. The maximum Gasteiger partial charge on any atom is 0.288 e. The first kappa shape index (κ1) is 27.1. The van der Waals surface area contributed by atoms with Crippen molar-refractivity contribution in [3.8, 4) is 22.6 Å². The number of amides is 1. The highest BCUT2D eigenvalue weighted by Gasteiger charge is 2.27. The van der Waals surface area contributed by atoms with Gasteiger partial charge in [-0.1, -0.05) is 24.3 Å². The van der Waals surface area contributed by atoms with Gasteiger partial charge < -0.3 is 24.8 Å². The number of hydrogen-bond acceptors (Lipinski definition) is 6. The maximum absolute atomic E-state index is 14.0. The first-order chi connectivity index (χ1) is 19.2. The van der Waals surface area contributed by atoms with Gasteiger partial charge in [0.2, 0.25) is 5.91 Å². The molecular weight excluding hydrogens is 518 g/mol. The molecule has 1 aliphatic rings. The van der Waals surface area contributed by atoms with Crippen LogP contribution >= 0.6 is 0 Å². The molecule has 40 heavy (non-hydrogen) atoms. The second-order valence-corrected chi connectivity index (χ2v) is 10.0. The first-order valence-corrected chi connectivity index (χ1v) is 12.9. The van der Waals surface area contributed by atoms with Gasteiger partial charge in [0.1, 0.15) is 11.3 Å². The third kappa shape index (κ3) is 5.46. The van der Waals surface area contributed by atoms with Crippen molar-refractivity contribution in [2.45, 2.75) is 18.9 Å². The molecule has 0 saturated carbocycles. The number of nitrogen functional groups attached to an aromatic ring is 1. The highest BCUT2D eigenvalue weighted by Crippen LogP contribution is 2.37. The number of piperidine rings is 1. The molecule has 208 valence electrons. The van der Waals surface area contributed by atoms with Gasteiger partial charge in [0.25, 0.3) is 5.56 Å². The summed E-state index contributed by atoms with van der Waals surface area (Å²) in [4.78, 5) is 29.6. The molecule has 2 aromatic heterocycles. The number of anilines is 1. The number of rotatable bonds is 7. The number of para-hydroxylation sites is 1. The van der Waals surface area contributed by atoms with Crippen molar-refractivity contribution in [1.29, 1.82) is 0 Å². The van der Waals surface area contributed by atoms with Crippen LogP contribution in [0.15, 0.2) is 65.6 Å². The molecule has 1 aliphatic heterocycles. The van der Waals surface area contributed by atoms with Crippen LogP contribution in [0.5, 0.6) is 11.5 Å². The second-order valence-electron chi connectivity index (χ2n) is 10.0. The van der Waals surface area contributed by atoms with Crippen LogP contribution < -0.4 is 16.0 Å². The molecule has 9 nitrogen and oxygen atoms in total. The summed E-state index contributed by atoms with van der Waals surface area (Å²) < 4.78 is 35.4. The minimum Gasteiger partial charge on any atom is -0.451 e. The number of likely N-dealkylation sites (tertiary alicyclic amines) is 1. The minimum atomic E-state index is -0.807. The fourth-order valence-corrected chi connectivity index (χ4v) is 4.99. The average molecular weight is 549 g/mol. The number of halogens is 2. The van der Waals surface area contributed by atoms with Gasteiger partial charge in [0.15, 0.2) is 23.2 Å². The molecule has 5 rings (SSSR count). The monoisotopic (exact) mass is 548 g/mol. The van der Waals surface area contributed by atoms with Crippen molar-refractivity contribution in [2.24, 2.45) is 0 Å². The summed E-state index contributed by atoms with van der Waals surface area (Å²) in [6.07, 6.45) is 6.83. The zero-order valence-electron chi connectivity index (χ0n) is 22.2. The maximum atomic E-state index is 14.0. The van der Waals surface area contributed by atoms with Crippen LogP contribution in [0.1, 0.15) is 18.9 Å². The van der Waals surface area contributed by atoms with Crippen LogP contribution in [0.4, 0.5) is 14.6 Å². The summed E-state index contributed by atoms with van der Waals surface area (Å²) in [6, 6.07) is 9.97. The summed E-state index contributed by atoms with van der Waals surface area (Å²) in [7, 11) is 3.87. The van der Waals surface area contributed by atoms with Crippen molar-refractivity contribution in [2.75, 3.05) is 39.5 Å². The van der Waals surface area contributed by atoms with E-state index in [0.717, 1.165) is 25.0 Å². The number of ether oxygens (including phenoxy) is 1. The van der Waals surface area contributed by atoms with Crippen molar-refractivity contribution >= 4 is 22.6 Å². The van der Waals surface area contributed by atoms with E-state index in [9.17, 15) is 18.4 Å². The summed E-state index contributed by atoms with van der Waals surface area (Å²) >= 11 is 0. The molecule has 3 N–H and O–H groups in total. The summed E-state index contributed by atoms with van der Waals surface area (Å²) in [5.41, 5.74) is 7.61. The van der Waals surface area contributed by atoms with Crippen LogP contribution in [-0.2, 0) is 4.79 Å². The lowest BCUT2D eigenvalue weighted by molar-refractivity contribution is -0.127. The molecule has 0 bridgehead atoms. The smallest absolute Gasteiger partial charge is 0.288 e. The van der Waals surface area contributed by atoms with Gasteiger partial charge in [0.05, 0.1) is 11.4 Å². The fraction of sp³-hybridized carbons (Fsp3) is 0.276. The third-order valence-electron chi connectivity index (χ3n) is 6.92. The zero-order chi connectivity index (χ0) is 28.4. The number of H-pyrrole nitrogens is 1. The number of carbonyl (C=O) groups excluding carboxylic acids is 1. The van der Waals surface area contributed by atoms with E-state index in [0.29, 0.717) is 41.7 Å². The molecule has 1 saturated heterocycles. The Bertz CT molecular complexity index is 1610. The van der Waals surface area contributed by atoms with Crippen LogP contribution in [-0.4, -0.2) is 64.2 Å². The van der Waals surface area contributed by atoms with Crippen LogP contribution in [0.25, 0.3) is 22.0 Å². The number of carbonyl (C=O) groups is 1. The molecule has 11 heteroatoms. The van der Waals surface area contributed by atoms with E-state index in [-0.39, 0.29) is 29.1 Å². The molecule has 0 unspecified atom stereocenters. The Balaban J connectivity index is 1.47. The van der Waals surface area contributed by atoms with Crippen molar-refractivity contribution in [3.05, 3.63) is 82.8 Å². The topological polar surface area (TPSA) is 109 Å². The second kappa shape index (κ2) is 11.3. The molecular formula is C29H30F2N6O3. The van der Waals surface area contributed by atoms with Crippen LogP contribution in [0.2, 0.25) is 0 Å². The third-order valence-corrected chi connectivity index (χ3v) is 6.92. The lowest BCUT2D eigenvalue weighted by Crippen LogP contribution is -2.40. The predicted octanol–water partition coefficient (Wildman–Crippen LogP) is 4.33. The minimum absolute atomic E-state index is 0.0693. The predicted molar refractivity (Wildman–Crippen MR) is 149 cm³/mol. The first-order valence-electron chi connectivity index (χ1n) is 12.9. The van der Waals surface area contributed by atoms with Gasteiger partial charge in [-0.25, -0.2) is 13.9 Å². The largest absolute Gasteiger partial charge is 0.451 e. The number of nitrogens with zero attached hydrogens (tertiary/aromatic N) is 4. The number of fused-ring (bicyclic) bond motifs is 1. The Morgan fingerprint density at radius 3 is 2.62 bits per heavy atom. The molecule has 3 heterocycles. The molecule has 1 amide bonds. The molecule has 0 aliphatic carbocycles. The number of hydrogen-bond donors (Lipinski definition) is 2. The SMILES string of the molecule is CN(C)C/C=C/C(=O)N1CCC[C@@H](n2cc(-c3ccc(Oc4c(F)cccc4F)cc3)c3c(N)n[nH]c(=O)c32)C1. The van der Waals surface area contributed by atoms with Crippen LogP contribution in [0, 0.1) is 11.6 Å². The summed E-state index contributed by atoms with van der Waals surface area (Å²) in [5.74, 6) is -1.77. The molecule has 4 aromatic rings. The Labute approximate surface area is 229 Å². The molecule has 2 aromatic carbocycles.